The summed E-state index contributed by atoms with van der Waals surface area (Å²) in [7, 11) is 0. The summed E-state index contributed by atoms with van der Waals surface area (Å²) in [5.41, 5.74) is 4.04. The second-order valence-electron chi connectivity index (χ2n) is 7.19. The zero-order chi connectivity index (χ0) is 19.3. The maximum atomic E-state index is 11.4. The van der Waals surface area contributed by atoms with Gasteiger partial charge in [0.1, 0.15) is 5.82 Å². The van der Waals surface area contributed by atoms with Crippen molar-refractivity contribution in [3.8, 4) is 11.1 Å². The molecule has 5 nitrogen and oxygen atoms in total. The van der Waals surface area contributed by atoms with Gasteiger partial charge in [-0.15, -0.1) is 0 Å². The third kappa shape index (κ3) is 2.94. The fourth-order valence-corrected chi connectivity index (χ4v) is 4.42. The lowest BCUT2D eigenvalue weighted by molar-refractivity contribution is 0.139. The van der Waals surface area contributed by atoms with Crippen LogP contribution >= 0.6 is 15.9 Å². The second-order valence-corrected chi connectivity index (χ2v) is 8.11. The molecule has 0 bridgehead atoms. The van der Waals surface area contributed by atoms with Crippen molar-refractivity contribution < 1.29 is 9.90 Å². The standard InChI is InChI=1S/C22H18BrN3O2/c23-17-7-5-14-10-13(3-4-15(14)11-17)16-6-8-18-19(12-16)25-21(24-18)20-2-1-9-26(20)22(27)28/h3-8,10-12,20H,1-2,9H2,(H,24,25)(H,27,28)/t20-/m0/s1. The molecule has 1 aromatic heterocycles. The third-order valence-corrected chi connectivity index (χ3v) is 5.94. The Morgan fingerprint density at radius 2 is 1.82 bits per heavy atom. The van der Waals surface area contributed by atoms with Crippen LogP contribution in [-0.4, -0.2) is 32.6 Å². The molecule has 2 N–H and O–H groups in total. The van der Waals surface area contributed by atoms with Gasteiger partial charge in [-0.2, -0.15) is 0 Å². The number of fused-ring (bicyclic) bond motifs is 2. The number of halogens is 1. The summed E-state index contributed by atoms with van der Waals surface area (Å²) < 4.78 is 1.07. The van der Waals surface area contributed by atoms with Gasteiger partial charge in [0, 0.05) is 11.0 Å². The number of aromatic amines is 1. The van der Waals surface area contributed by atoms with E-state index in [4.69, 9.17) is 0 Å². The van der Waals surface area contributed by atoms with Crippen molar-refractivity contribution in [1.82, 2.24) is 14.9 Å². The number of H-pyrrole nitrogens is 1. The first kappa shape index (κ1) is 17.3. The van der Waals surface area contributed by atoms with Gasteiger partial charge in [0.15, 0.2) is 0 Å². The second kappa shape index (κ2) is 6.63. The number of hydrogen-bond donors (Lipinski definition) is 2. The summed E-state index contributed by atoms with van der Waals surface area (Å²) >= 11 is 3.51. The summed E-state index contributed by atoms with van der Waals surface area (Å²) in [4.78, 5) is 20.9. The quantitative estimate of drug-likeness (QED) is 0.407. The van der Waals surface area contributed by atoms with E-state index in [-0.39, 0.29) is 6.04 Å². The minimum absolute atomic E-state index is 0.188. The number of likely N-dealkylation sites (tertiary alicyclic amines) is 1. The average molecular weight is 436 g/mol. The van der Waals surface area contributed by atoms with E-state index in [9.17, 15) is 9.90 Å². The van der Waals surface area contributed by atoms with Crippen molar-refractivity contribution in [3.63, 3.8) is 0 Å². The Morgan fingerprint density at radius 1 is 1.07 bits per heavy atom. The van der Waals surface area contributed by atoms with E-state index in [0.717, 1.165) is 45.3 Å². The largest absolute Gasteiger partial charge is 0.465 e. The first-order valence-corrected chi connectivity index (χ1v) is 10.1. The van der Waals surface area contributed by atoms with Gasteiger partial charge >= 0.3 is 6.09 Å². The van der Waals surface area contributed by atoms with Crippen LogP contribution in [0.3, 0.4) is 0 Å². The fourth-order valence-electron chi connectivity index (χ4n) is 4.04. The third-order valence-electron chi connectivity index (χ3n) is 5.45. The maximum Gasteiger partial charge on any atom is 0.407 e. The molecule has 28 heavy (non-hydrogen) atoms. The number of carboxylic acid groups (broad SMARTS) is 1. The number of benzene rings is 3. The summed E-state index contributed by atoms with van der Waals surface area (Å²) in [5, 5.41) is 11.8. The molecule has 1 aliphatic heterocycles. The molecule has 3 aromatic carbocycles. The Bertz CT molecular complexity index is 1220. The molecular formula is C22H18BrN3O2. The smallest absolute Gasteiger partial charge is 0.407 e. The van der Waals surface area contributed by atoms with E-state index in [0.29, 0.717) is 6.54 Å². The number of hydrogen-bond acceptors (Lipinski definition) is 2. The van der Waals surface area contributed by atoms with E-state index in [1.54, 1.807) is 0 Å². The number of nitrogens with zero attached hydrogens (tertiary/aromatic N) is 2. The van der Waals surface area contributed by atoms with Gasteiger partial charge < -0.3 is 10.1 Å². The Hall–Kier alpha value is -2.86. The molecule has 5 rings (SSSR count). The van der Waals surface area contributed by atoms with Gasteiger partial charge in [-0.3, -0.25) is 4.90 Å². The predicted octanol–water partition coefficient (Wildman–Crippen LogP) is 5.96. The maximum absolute atomic E-state index is 11.4. The molecule has 0 spiro atoms. The molecule has 140 valence electrons. The number of nitrogens with one attached hydrogen (secondary N) is 1. The Morgan fingerprint density at radius 3 is 2.68 bits per heavy atom. The Balaban J connectivity index is 1.53. The van der Waals surface area contributed by atoms with Crippen LogP contribution in [0.4, 0.5) is 4.79 Å². The van der Waals surface area contributed by atoms with E-state index < -0.39 is 6.09 Å². The number of rotatable bonds is 2. The van der Waals surface area contributed by atoms with Crippen molar-refractivity contribution in [2.75, 3.05) is 6.54 Å². The summed E-state index contributed by atoms with van der Waals surface area (Å²) in [6.07, 6.45) is 0.789. The molecule has 2 heterocycles. The van der Waals surface area contributed by atoms with Crippen molar-refractivity contribution in [1.29, 1.82) is 0 Å². The first-order valence-electron chi connectivity index (χ1n) is 9.27. The van der Waals surface area contributed by atoms with Crippen LogP contribution in [0.15, 0.2) is 59.1 Å². The molecule has 1 aliphatic rings. The SMILES string of the molecule is O=C(O)N1CCC[C@H]1c1nc2ccc(-c3ccc4cc(Br)ccc4c3)cc2[nH]1. The van der Waals surface area contributed by atoms with Crippen molar-refractivity contribution >= 4 is 43.8 Å². The van der Waals surface area contributed by atoms with E-state index in [2.05, 4.69) is 68.4 Å². The molecule has 4 aromatic rings. The van der Waals surface area contributed by atoms with Crippen LogP contribution < -0.4 is 0 Å². The van der Waals surface area contributed by atoms with Crippen LogP contribution in [0.25, 0.3) is 32.9 Å². The molecule has 0 aliphatic carbocycles. The minimum Gasteiger partial charge on any atom is -0.465 e. The van der Waals surface area contributed by atoms with Crippen molar-refractivity contribution in [2.24, 2.45) is 0 Å². The summed E-state index contributed by atoms with van der Waals surface area (Å²) in [5.74, 6) is 0.732. The van der Waals surface area contributed by atoms with Gasteiger partial charge in [0.2, 0.25) is 0 Å². The minimum atomic E-state index is -0.883. The molecular weight excluding hydrogens is 418 g/mol. The highest BCUT2D eigenvalue weighted by Gasteiger charge is 2.31. The molecule has 0 unspecified atom stereocenters. The highest BCUT2D eigenvalue weighted by atomic mass is 79.9. The summed E-state index contributed by atoms with van der Waals surface area (Å²) in [6, 6.07) is 18.7. The van der Waals surface area contributed by atoms with E-state index in [1.165, 1.54) is 15.7 Å². The van der Waals surface area contributed by atoms with Crippen molar-refractivity contribution in [2.45, 2.75) is 18.9 Å². The zero-order valence-electron chi connectivity index (χ0n) is 15.0. The topological polar surface area (TPSA) is 69.2 Å². The lowest BCUT2D eigenvalue weighted by Crippen LogP contribution is -2.29. The highest BCUT2D eigenvalue weighted by Crippen LogP contribution is 2.33. The van der Waals surface area contributed by atoms with Crippen LogP contribution in [0.2, 0.25) is 0 Å². The lowest BCUT2D eigenvalue weighted by atomic mass is 10.0. The number of aromatic nitrogens is 2. The van der Waals surface area contributed by atoms with Gasteiger partial charge in [-0.05, 0) is 65.1 Å². The van der Waals surface area contributed by atoms with Crippen LogP contribution in [-0.2, 0) is 0 Å². The normalized spacial score (nSPS) is 16.9. The molecule has 0 saturated carbocycles. The van der Waals surface area contributed by atoms with Crippen LogP contribution in [0.5, 0.6) is 0 Å². The van der Waals surface area contributed by atoms with Crippen molar-refractivity contribution in [3.05, 3.63) is 64.9 Å². The Kier molecular flexibility index (Phi) is 4.09. The number of amides is 1. The van der Waals surface area contributed by atoms with Crippen LogP contribution in [0, 0.1) is 0 Å². The molecule has 1 amide bonds. The van der Waals surface area contributed by atoms with Gasteiger partial charge in [-0.25, -0.2) is 9.78 Å². The molecule has 0 radical (unpaired) electrons. The van der Waals surface area contributed by atoms with Gasteiger partial charge in [0.25, 0.3) is 0 Å². The number of imidazole rings is 1. The zero-order valence-corrected chi connectivity index (χ0v) is 16.6. The number of carbonyl (C=O) groups is 1. The predicted molar refractivity (Wildman–Crippen MR) is 113 cm³/mol. The fraction of sp³-hybridized carbons (Fsp3) is 0.182. The van der Waals surface area contributed by atoms with Gasteiger partial charge in [0.05, 0.1) is 17.1 Å². The van der Waals surface area contributed by atoms with Crippen LogP contribution in [0.1, 0.15) is 24.7 Å². The first-order chi connectivity index (χ1) is 13.6. The molecule has 1 atom stereocenters. The average Bonchev–Trinajstić information content (AvgIpc) is 3.33. The molecule has 6 heteroatoms. The lowest BCUT2D eigenvalue weighted by Gasteiger charge is -2.19. The molecule has 1 saturated heterocycles. The van der Waals surface area contributed by atoms with Gasteiger partial charge in [-0.1, -0.05) is 40.2 Å². The van der Waals surface area contributed by atoms with E-state index in [1.807, 2.05) is 12.1 Å². The summed E-state index contributed by atoms with van der Waals surface area (Å²) in [6.45, 7) is 0.565. The highest BCUT2D eigenvalue weighted by molar-refractivity contribution is 9.10. The monoisotopic (exact) mass is 435 g/mol. The van der Waals surface area contributed by atoms with E-state index >= 15 is 0 Å². The molecule has 1 fully saturated rings. The Labute approximate surface area is 170 Å².